The molecule has 0 radical (unpaired) electrons. The second kappa shape index (κ2) is 5.16. The van der Waals surface area contributed by atoms with Crippen molar-refractivity contribution in [3.8, 4) is 0 Å². The van der Waals surface area contributed by atoms with E-state index in [1.807, 2.05) is 0 Å². The quantitative estimate of drug-likeness (QED) is 0.647. The molecule has 1 unspecified atom stereocenters. The lowest BCUT2D eigenvalue weighted by Gasteiger charge is -2.23. The van der Waals surface area contributed by atoms with Crippen LogP contribution in [0.1, 0.15) is 19.3 Å². The van der Waals surface area contributed by atoms with Crippen molar-refractivity contribution in [1.29, 1.82) is 0 Å². The largest absolute Gasteiger partial charge is 0.480 e. The fourth-order valence-electron chi connectivity index (χ4n) is 1.14. The Kier molecular flexibility index (Phi) is 4.14. The predicted octanol–water partition coefficient (Wildman–Crippen LogP) is -0.0585. The van der Waals surface area contributed by atoms with Crippen LogP contribution in [0.2, 0.25) is 0 Å². The first-order valence-corrected chi connectivity index (χ1v) is 4.41. The highest BCUT2D eigenvalue weighted by Crippen LogP contribution is 2.11. The fourth-order valence-corrected chi connectivity index (χ4v) is 1.14. The van der Waals surface area contributed by atoms with E-state index in [4.69, 9.17) is 20.3 Å². The Labute approximate surface area is 76.8 Å². The molecule has 13 heavy (non-hydrogen) atoms. The summed E-state index contributed by atoms with van der Waals surface area (Å²) in [5, 5.41) is 8.50. The van der Waals surface area contributed by atoms with Gasteiger partial charge in [0.15, 0.2) is 6.29 Å². The van der Waals surface area contributed by atoms with E-state index >= 15 is 0 Å². The summed E-state index contributed by atoms with van der Waals surface area (Å²) < 4.78 is 10.5. The molecule has 0 spiro atoms. The lowest BCUT2D eigenvalue weighted by atomic mass is 10.1. The molecule has 1 aliphatic rings. The van der Waals surface area contributed by atoms with Crippen LogP contribution >= 0.6 is 0 Å². The highest BCUT2D eigenvalue weighted by molar-refractivity contribution is 5.72. The highest BCUT2D eigenvalue weighted by atomic mass is 16.7. The zero-order valence-electron chi connectivity index (χ0n) is 7.44. The van der Waals surface area contributed by atoms with Crippen molar-refractivity contribution in [3.63, 3.8) is 0 Å². The van der Waals surface area contributed by atoms with Crippen LogP contribution in [0.25, 0.3) is 0 Å². The van der Waals surface area contributed by atoms with Gasteiger partial charge in [0.25, 0.3) is 0 Å². The first-order chi connectivity index (χ1) is 6.20. The monoisotopic (exact) mass is 189 g/mol. The summed E-state index contributed by atoms with van der Waals surface area (Å²) in [6.07, 6.45) is 1.58. The Bertz CT molecular complexity index is 168. The molecule has 1 fully saturated rings. The number of carboxylic acids is 1. The number of hydrogen-bond acceptors (Lipinski definition) is 4. The lowest BCUT2D eigenvalue weighted by Crippen LogP contribution is -2.33. The Hall–Kier alpha value is -0.650. The average molecular weight is 189 g/mol. The number of carbonyl (C=O) groups is 1. The predicted molar refractivity (Wildman–Crippen MR) is 45.2 cm³/mol. The van der Waals surface area contributed by atoms with Gasteiger partial charge in [-0.25, -0.2) is 0 Å². The van der Waals surface area contributed by atoms with E-state index in [0.29, 0.717) is 26.1 Å². The second-order valence-electron chi connectivity index (χ2n) is 3.05. The van der Waals surface area contributed by atoms with E-state index in [1.165, 1.54) is 0 Å². The van der Waals surface area contributed by atoms with Crippen molar-refractivity contribution in [3.05, 3.63) is 0 Å². The summed E-state index contributed by atoms with van der Waals surface area (Å²) in [6.45, 7) is 1.37. The SMILES string of the molecule is NC(CCC1OCCCO1)C(=O)O. The molecular weight excluding hydrogens is 174 g/mol. The minimum absolute atomic E-state index is 0.265. The smallest absolute Gasteiger partial charge is 0.320 e. The van der Waals surface area contributed by atoms with Crippen LogP contribution in [0, 0.1) is 0 Å². The third-order valence-electron chi connectivity index (χ3n) is 1.93. The van der Waals surface area contributed by atoms with E-state index in [0.717, 1.165) is 6.42 Å². The van der Waals surface area contributed by atoms with Gasteiger partial charge in [0.2, 0.25) is 0 Å². The molecule has 5 nitrogen and oxygen atoms in total. The van der Waals surface area contributed by atoms with Crippen molar-refractivity contribution in [2.45, 2.75) is 31.6 Å². The number of aliphatic carboxylic acids is 1. The molecule has 5 heteroatoms. The van der Waals surface area contributed by atoms with Crippen molar-refractivity contribution >= 4 is 5.97 Å². The minimum Gasteiger partial charge on any atom is -0.480 e. The number of rotatable bonds is 4. The maximum absolute atomic E-state index is 10.4. The topological polar surface area (TPSA) is 81.8 Å². The molecule has 1 heterocycles. The molecule has 1 saturated heterocycles. The first-order valence-electron chi connectivity index (χ1n) is 4.41. The van der Waals surface area contributed by atoms with E-state index in [-0.39, 0.29) is 6.29 Å². The molecule has 76 valence electrons. The Morgan fingerprint density at radius 3 is 2.69 bits per heavy atom. The maximum Gasteiger partial charge on any atom is 0.320 e. The molecule has 0 bridgehead atoms. The van der Waals surface area contributed by atoms with Gasteiger partial charge in [-0.2, -0.15) is 0 Å². The van der Waals surface area contributed by atoms with Gasteiger partial charge in [-0.1, -0.05) is 0 Å². The zero-order valence-corrected chi connectivity index (χ0v) is 7.44. The van der Waals surface area contributed by atoms with Crippen LogP contribution < -0.4 is 5.73 Å². The molecule has 1 rings (SSSR count). The first kappa shape index (κ1) is 10.4. The zero-order chi connectivity index (χ0) is 9.68. The standard InChI is InChI=1S/C8H15NO4/c9-6(8(10)11)2-3-7-12-4-1-5-13-7/h6-7H,1-5,9H2,(H,10,11). The summed E-state index contributed by atoms with van der Waals surface area (Å²) >= 11 is 0. The number of nitrogens with two attached hydrogens (primary N) is 1. The molecule has 1 atom stereocenters. The van der Waals surface area contributed by atoms with Gasteiger partial charge in [-0.15, -0.1) is 0 Å². The summed E-state index contributed by atoms with van der Waals surface area (Å²) in [7, 11) is 0. The van der Waals surface area contributed by atoms with Crippen molar-refractivity contribution in [2.24, 2.45) is 5.73 Å². The second-order valence-corrected chi connectivity index (χ2v) is 3.05. The van der Waals surface area contributed by atoms with Crippen LogP contribution in [0.5, 0.6) is 0 Å². The fraction of sp³-hybridized carbons (Fsp3) is 0.875. The Balaban J connectivity index is 2.13. The lowest BCUT2D eigenvalue weighted by molar-refractivity contribution is -0.182. The maximum atomic E-state index is 10.4. The van der Waals surface area contributed by atoms with Crippen LogP contribution in [-0.4, -0.2) is 36.6 Å². The van der Waals surface area contributed by atoms with Gasteiger partial charge in [-0.3, -0.25) is 4.79 Å². The van der Waals surface area contributed by atoms with Crippen molar-refractivity contribution in [2.75, 3.05) is 13.2 Å². The summed E-state index contributed by atoms with van der Waals surface area (Å²) in [4.78, 5) is 10.4. The third-order valence-corrected chi connectivity index (χ3v) is 1.93. The van der Waals surface area contributed by atoms with Gasteiger partial charge in [0.1, 0.15) is 6.04 Å². The molecule has 0 aliphatic carbocycles. The number of hydrogen-bond donors (Lipinski definition) is 2. The van der Waals surface area contributed by atoms with Crippen LogP contribution in [0.3, 0.4) is 0 Å². The van der Waals surface area contributed by atoms with Crippen molar-refractivity contribution < 1.29 is 19.4 Å². The molecule has 0 amide bonds. The number of ether oxygens (including phenoxy) is 2. The average Bonchev–Trinajstić information content (AvgIpc) is 2.15. The van der Waals surface area contributed by atoms with Crippen LogP contribution in [-0.2, 0) is 14.3 Å². The molecule has 0 saturated carbocycles. The van der Waals surface area contributed by atoms with Gasteiger partial charge in [-0.05, 0) is 12.8 Å². The molecule has 0 aromatic rings. The summed E-state index contributed by atoms with van der Waals surface area (Å²) in [5.41, 5.74) is 5.32. The Morgan fingerprint density at radius 1 is 1.54 bits per heavy atom. The van der Waals surface area contributed by atoms with E-state index in [9.17, 15) is 4.79 Å². The van der Waals surface area contributed by atoms with Gasteiger partial charge in [0, 0.05) is 6.42 Å². The van der Waals surface area contributed by atoms with Gasteiger partial charge >= 0.3 is 5.97 Å². The van der Waals surface area contributed by atoms with Crippen molar-refractivity contribution in [1.82, 2.24) is 0 Å². The summed E-state index contributed by atoms with van der Waals surface area (Å²) in [6, 6.07) is -0.811. The van der Waals surface area contributed by atoms with E-state index in [2.05, 4.69) is 0 Å². The van der Waals surface area contributed by atoms with Gasteiger partial charge < -0.3 is 20.3 Å². The molecule has 3 N–H and O–H groups in total. The number of carboxylic acid groups (broad SMARTS) is 1. The van der Waals surface area contributed by atoms with Crippen LogP contribution in [0.4, 0.5) is 0 Å². The molecule has 1 aliphatic heterocycles. The third kappa shape index (κ3) is 3.71. The van der Waals surface area contributed by atoms with E-state index in [1.54, 1.807) is 0 Å². The summed E-state index contributed by atoms with van der Waals surface area (Å²) in [5.74, 6) is -0.976. The van der Waals surface area contributed by atoms with E-state index < -0.39 is 12.0 Å². The molecular formula is C8H15NO4. The van der Waals surface area contributed by atoms with Gasteiger partial charge in [0.05, 0.1) is 13.2 Å². The molecule has 0 aromatic carbocycles. The Morgan fingerprint density at radius 2 is 2.15 bits per heavy atom. The minimum atomic E-state index is -0.976. The molecule has 0 aromatic heterocycles. The normalized spacial score (nSPS) is 21.3. The highest BCUT2D eigenvalue weighted by Gasteiger charge is 2.18. The van der Waals surface area contributed by atoms with Crippen LogP contribution in [0.15, 0.2) is 0 Å².